The molecule has 3 rings (SSSR count). The first-order valence-corrected chi connectivity index (χ1v) is 9.12. The number of rotatable bonds is 6. The van der Waals surface area contributed by atoms with Gasteiger partial charge in [0.05, 0.1) is 20.3 Å². The molecule has 26 heavy (non-hydrogen) atoms. The topological polar surface area (TPSA) is 55.3 Å². The first-order chi connectivity index (χ1) is 12.2. The minimum atomic E-state index is 0. The number of halogens is 1. The fraction of sp³-hybridized carbons (Fsp3) is 0.632. The molecule has 0 bridgehead atoms. The van der Waals surface area contributed by atoms with Gasteiger partial charge in [0.1, 0.15) is 18.1 Å². The van der Waals surface area contributed by atoms with Gasteiger partial charge in [0, 0.05) is 31.7 Å². The fourth-order valence-electron chi connectivity index (χ4n) is 3.50. The van der Waals surface area contributed by atoms with E-state index in [9.17, 15) is 0 Å². The van der Waals surface area contributed by atoms with E-state index in [1.807, 2.05) is 24.3 Å². The van der Waals surface area contributed by atoms with Crippen LogP contribution in [0.2, 0.25) is 0 Å². The monoisotopic (exact) mass is 475 g/mol. The highest BCUT2D eigenvalue weighted by molar-refractivity contribution is 14.0. The number of nitrogens with zero attached hydrogens (tertiary/aromatic N) is 2. The Kier molecular flexibility index (Phi) is 8.27. The summed E-state index contributed by atoms with van der Waals surface area (Å²) in [6.45, 7) is 8.05. The Bertz CT molecular complexity index is 574. The van der Waals surface area contributed by atoms with Gasteiger partial charge < -0.3 is 24.4 Å². The molecule has 1 atom stereocenters. The van der Waals surface area contributed by atoms with Crippen LogP contribution in [0.15, 0.2) is 29.3 Å². The van der Waals surface area contributed by atoms with Crippen molar-refractivity contribution in [3.8, 4) is 11.5 Å². The van der Waals surface area contributed by atoms with Crippen molar-refractivity contribution in [2.45, 2.75) is 19.8 Å². The SMILES string of the molecule is CCNC(=NCCOc1ccc(OC)cc1)N1CCC2(CCOC2)C1.I. The Balaban J connectivity index is 0.00000243. The normalized spacial score (nSPS) is 22.4. The van der Waals surface area contributed by atoms with E-state index >= 15 is 0 Å². The van der Waals surface area contributed by atoms with Crippen molar-refractivity contribution in [1.82, 2.24) is 10.2 Å². The van der Waals surface area contributed by atoms with E-state index in [4.69, 9.17) is 19.2 Å². The maximum Gasteiger partial charge on any atom is 0.194 e. The van der Waals surface area contributed by atoms with Crippen LogP contribution in [0.4, 0.5) is 0 Å². The molecule has 0 aliphatic carbocycles. The largest absolute Gasteiger partial charge is 0.497 e. The van der Waals surface area contributed by atoms with Crippen LogP contribution in [0.1, 0.15) is 19.8 Å². The lowest BCUT2D eigenvalue weighted by Crippen LogP contribution is -2.41. The molecule has 2 heterocycles. The number of likely N-dealkylation sites (tertiary alicyclic amines) is 1. The number of ether oxygens (including phenoxy) is 3. The Morgan fingerprint density at radius 1 is 1.27 bits per heavy atom. The molecule has 2 aliphatic heterocycles. The smallest absolute Gasteiger partial charge is 0.194 e. The van der Waals surface area contributed by atoms with E-state index in [0.29, 0.717) is 18.6 Å². The van der Waals surface area contributed by atoms with Crippen LogP contribution < -0.4 is 14.8 Å². The maximum absolute atomic E-state index is 5.76. The van der Waals surface area contributed by atoms with Gasteiger partial charge in [-0.3, -0.25) is 0 Å². The van der Waals surface area contributed by atoms with Crippen molar-refractivity contribution < 1.29 is 14.2 Å². The quantitative estimate of drug-likeness (QED) is 0.297. The summed E-state index contributed by atoms with van der Waals surface area (Å²) in [4.78, 5) is 7.11. The minimum Gasteiger partial charge on any atom is -0.497 e. The molecule has 0 saturated carbocycles. The molecule has 6 nitrogen and oxygen atoms in total. The first kappa shape index (κ1) is 21.1. The highest BCUT2D eigenvalue weighted by Crippen LogP contribution is 2.38. The molecule has 1 unspecified atom stereocenters. The standard InChI is InChI=1S/C19H29N3O3.HI/c1-3-20-18(22-11-8-19(14-22)9-12-24-15-19)21-10-13-25-17-6-4-16(23-2)5-7-17;/h4-7H,3,8-15H2,1-2H3,(H,20,21);1H. The second-order valence-corrected chi connectivity index (χ2v) is 6.73. The molecule has 1 aromatic rings. The van der Waals surface area contributed by atoms with Crippen molar-refractivity contribution in [3.63, 3.8) is 0 Å². The number of hydrogen-bond acceptors (Lipinski definition) is 4. The molecule has 1 spiro atoms. The third-order valence-electron chi connectivity index (χ3n) is 4.94. The number of hydrogen-bond donors (Lipinski definition) is 1. The average Bonchev–Trinajstić information content (AvgIpc) is 3.28. The minimum absolute atomic E-state index is 0. The van der Waals surface area contributed by atoms with E-state index < -0.39 is 0 Å². The van der Waals surface area contributed by atoms with Crippen molar-refractivity contribution in [2.24, 2.45) is 10.4 Å². The van der Waals surface area contributed by atoms with Gasteiger partial charge in [0.15, 0.2) is 5.96 Å². The van der Waals surface area contributed by atoms with Crippen LogP contribution in [-0.2, 0) is 4.74 Å². The number of nitrogens with one attached hydrogen (secondary N) is 1. The molecule has 0 radical (unpaired) electrons. The molecule has 7 heteroatoms. The zero-order valence-electron chi connectivity index (χ0n) is 15.7. The van der Waals surface area contributed by atoms with E-state index in [0.717, 1.165) is 50.3 Å². The second kappa shape index (κ2) is 10.2. The molecule has 1 aromatic carbocycles. The second-order valence-electron chi connectivity index (χ2n) is 6.73. The van der Waals surface area contributed by atoms with Crippen molar-refractivity contribution >= 4 is 29.9 Å². The Labute approximate surface area is 173 Å². The Morgan fingerprint density at radius 2 is 2.04 bits per heavy atom. The van der Waals surface area contributed by atoms with Crippen molar-refractivity contribution in [2.75, 3.05) is 53.1 Å². The summed E-state index contributed by atoms with van der Waals surface area (Å²) in [5.41, 5.74) is 0.343. The lowest BCUT2D eigenvalue weighted by Gasteiger charge is -2.25. The summed E-state index contributed by atoms with van der Waals surface area (Å²) in [7, 11) is 1.66. The molecule has 0 amide bonds. The third kappa shape index (κ3) is 5.39. The summed E-state index contributed by atoms with van der Waals surface area (Å²) in [5, 5.41) is 3.41. The van der Waals surface area contributed by atoms with Crippen LogP contribution in [0.3, 0.4) is 0 Å². The van der Waals surface area contributed by atoms with Gasteiger partial charge in [-0.2, -0.15) is 0 Å². The predicted octanol–water partition coefficient (Wildman–Crippen LogP) is 2.77. The summed E-state index contributed by atoms with van der Waals surface area (Å²) in [6.07, 6.45) is 2.36. The van der Waals surface area contributed by atoms with Gasteiger partial charge in [-0.15, -0.1) is 24.0 Å². The zero-order valence-corrected chi connectivity index (χ0v) is 18.0. The molecular weight excluding hydrogens is 445 g/mol. The summed E-state index contributed by atoms with van der Waals surface area (Å²) < 4.78 is 16.5. The average molecular weight is 475 g/mol. The zero-order chi connectivity index (χ0) is 17.5. The van der Waals surface area contributed by atoms with E-state index in [1.165, 1.54) is 12.8 Å². The lowest BCUT2D eigenvalue weighted by molar-refractivity contribution is 0.156. The highest BCUT2D eigenvalue weighted by Gasteiger charge is 2.42. The molecular formula is C19H30IN3O3. The molecule has 2 aliphatic rings. The van der Waals surface area contributed by atoms with Crippen LogP contribution in [-0.4, -0.2) is 64.0 Å². The predicted molar refractivity (Wildman–Crippen MR) is 114 cm³/mol. The fourth-order valence-corrected chi connectivity index (χ4v) is 3.50. The number of benzene rings is 1. The molecule has 2 saturated heterocycles. The van der Waals surface area contributed by atoms with Gasteiger partial charge in [-0.1, -0.05) is 0 Å². The van der Waals surface area contributed by atoms with Gasteiger partial charge in [-0.25, -0.2) is 4.99 Å². The molecule has 0 aromatic heterocycles. The molecule has 1 N–H and O–H groups in total. The van der Waals surface area contributed by atoms with Crippen molar-refractivity contribution in [1.29, 1.82) is 0 Å². The Morgan fingerprint density at radius 3 is 2.69 bits per heavy atom. The third-order valence-corrected chi connectivity index (χ3v) is 4.94. The van der Waals surface area contributed by atoms with Crippen LogP contribution in [0, 0.1) is 5.41 Å². The summed E-state index contributed by atoms with van der Waals surface area (Å²) >= 11 is 0. The molecule has 2 fully saturated rings. The van der Waals surface area contributed by atoms with Crippen LogP contribution in [0.25, 0.3) is 0 Å². The molecule has 146 valence electrons. The number of guanidine groups is 1. The lowest BCUT2D eigenvalue weighted by atomic mass is 9.87. The van der Waals surface area contributed by atoms with E-state index in [-0.39, 0.29) is 24.0 Å². The van der Waals surface area contributed by atoms with Gasteiger partial charge >= 0.3 is 0 Å². The van der Waals surface area contributed by atoms with E-state index in [2.05, 4.69) is 17.1 Å². The highest BCUT2D eigenvalue weighted by atomic mass is 127. The number of aliphatic imine (C=N–C) groups is 1. The first-order valence-electron chi connectivity index (χ1n) is 9.12. The van der Waals surface area contributed by atoms with Crippen LogP contribution >= 0.6 is 24.0 Å². The Hall–Kier alpha value is -1.22. The number of methoxy groups -OCH3 is 1. The van der Waals surface area contributed by atoms with Crippen molar-refractivity contribution in [3.05, 3.63) is 24.3 Å². The van der Waals surface area contributed by atoms with Crippen LogP contribution in [0.5, 0.6) is 11.5 Å². The van der Waals surface area contributed by atoms with Gasteiger partial charge in [-0.05, 0) is 44.0 Å². The summed E-state index contributed by atoms with van der Waals surface area (Å²) in [6, 6.07) is 7.63. The summed E-state index contributed by atoms with van der Waals surface area (Å²) in [5.74, 6) is 2.66. The van der Waals surface area contributed by atoms with Gasteiger partial charge in [0.2, 0.25) is 0 Å². The van der Waals surface area contributed by atoms with E-state index in [1.54, 1.807) is 7.11 Å². The maximum atomic E-state index is 5.76. The van der Waals surface area contributed by atoms with Gasteiger partial charge in [0.25, 0.3) is 0 Å².